The molecule has 0 amide bonds. The minimum Gasteiger partial charge on any atom is -0.383 e. The number of rotatable bonds is 3. The lowest BCUT2D eigenvalue weighted by Gasteiger charge is -2.07. The van der Waals surface area contributed by atoms with Crippen molar-refractivity contribution in [3.63, 3.8) is 0 Å². The first-order valence-electron chi connectivity index (χ1n) is 4.83. The molecule has 0 aliphatic carbocycles. The van der Waals surface area contributed by atoms with Crippen LogP contribution in [0.5, 0.6) is 0 Å². The van der Waals surface area contributed by atoms with Gasteiger partial charge in [-0.3, -0.25) is 4.79 Å². The Morgan fingerprint density at radius 1 is 1.39 bits per heavy atom. The molecule has 0 aliphatic rings. The average Bonchev–Trinajstić information content (AvgIpc) is 2.24. The molecule has 0 saturated carbocycles. The third-order valence-electron chi connectivity index (χ3n) is 1.93. The smallest absolute Gasteiger partial charge is 0.383 e. The highest BCUT2D eigenvalue weighted by Crippen LogP contribution is 2.29. The quantitative estimate of drug-likeness (QED) is 0.476. The fourth-order valence-electron chi connectivity index (χ4n) is 1.07. The number of alkyl halides is 3. The first kappa shape index (κ1) is 14.1. The largest absolute Gasteiger partial charge is 0.417 e. The van der Waals surface area contributed by atoms with Gasteiger partial charge < -0.3 is 4.90 Å². The van der Waals surface area contributed by atoms with Gasteiger partial charge in [-0.05, 0) is 6.07 Å². The molecule has 7 heteroatoms. The Morgan fingerprint density at radius 3 is 2.44 bits per heavy atom. The predicted octanol–water partition coefficient (Wildman–Crippen LogP) is 2.50. The van der Waals surface area contributed by atoms with E-state index in [1.165, 1.54) is 11.1 Å². The maximum atomic E-state index is 13.3. The molecule has 0 atom stereocenters. The van der Waals surface area contributed by atoms with Crippen molar-refractivity contribution in [2.45, 2.75) is 6.18 Å². The molecule has 18 heavy (non-hydrogen) atoms. The number of carbonyl (C=O) groups excluding carboxylic acids is 1. The van der Waals surface area contributed by atoms with Gasteiger partial charge in [0.05, 0.1) is 5.56 Å². The second-order valence-corrected chi connectivity index (χ2v) is 3.70. The van der Waals surface area contributed by atoms with Gasteiger partial charge in [0.1, 0.15) is 5.69 Å². The summed E-state index contributed by atoms with van der Waals surface area (Å²) in [5.41, 5.74) is -1.87. The highest BCUT2D eigenvalue weighted by Gasteiger charge is 2.32. The predicted molar refractivity (Wildman–Crippen MR) is 56.4 cm³/mol. The number of carbonyl (C=O) groups is 1. The number of pyridine rings is 1. The molecule has 1 heterocycles. The van der Waals surface area contributed by atoms with Gasteiger partial charge >= 0.3 is 6.18 Å². The van der Waals surface area contributed by atoms with Gasteiger partial charge in [0.25, 0.3) is 0 Å². The Kier molecular flexibility index (Phi) is 4.05. The van der Waals surface area contributed by atoms with Gasteiger partial charge in [-0.15, -0.1) is 0 Å². The maximum Gasteiger partial charge on any atom is 0.417 e. The van der Waals surface area contributed by atoms with Crippen molar-refractivity contribution in [1.82, 2.24) is 9.88 Å². The lowest BCUT2D eigenvalue weighted by molar-refractivity contribution is -0.138. The maximum absolute atomic E-state index is 13.3. The zero-order valence-corrected chi connectivity index (χ0v) is 9.62. The SMILES string of the molecule is CN(C)/C=C/C(=O)c1ncc(C(F)(F)F)cc1F. The first-order chi connectivity index (χ1) is 8.21. The van der Waals surface area contributed by atoms with Crippen LogP contribution in [-0.4, -0.2) is 29.8 Å². The zero-order valence-electron chi connectivity index (χ0n) is 9.62. The Hall–Kier alpha value is -1.92. The van der Waals surface area contributed by atoms with E-state index in [1.54, 1.807) is 14.1 Å². The molecule has 0 N–H and O–H groups in total. The van der Waals surface area contributed by atoms with E-state index in [9.17, 15) is 22.4 Å². The molecule has 1 aromatic rings. The second-order valence-electron chi connectivity index (χ2n) is 3.70. The number of nitrogens with zero attached hydrogens (tertiary/aromatic N) is 2. The highest BCUT2D eigenvalue weighted by molar-refractivity contribution is 6.03. The van der Waals surface area contributed by atoms with Crippen LogP contribution in [0.4, 0.5) is 17.6 Å². The van der Waals surface area contributed by atoms with Crippen molar-refractivity contribution < 1.29 is 22.4 Å². The van der Waals surface area contributed by atoms with Gasteiger partial charge in [-0.1, -0.05) is 0 Å². The van der Waals surface area contributed by atoms with Crippen LogP contribution in [0.15, 0.2) is 24.5 Å². The van der Waals surface area contributed by atoms with Crippen LogP contribution < -0.4 is 0 Å². The van der Waals surface area contributed by atoms with Crippen LogP contribution in [-0.2, 0) is 6.18 Å². The molecule has 1 rings (SSSR count). The Morgan fingerprint density at radius 2 is 2.00 bits per heavy atom. The van der Waals surface area contributed by atoms with Crippen molar-refractivity contribution in [2.75, 3.05) is 14.1 Å². The highest BCUT2D eigenvalue weighted by atomic mass is 19.4. The summed E-state index contributed by atoms with van der Waals surface area (Å²) in [5, 5.41) is 0. The molecule has 98 valence electrons. The Bertz CT molecular complexity index is 480. The molecule has 0 aliphatic heterocycles. The van der Waals surface area contributed by atoms with Gasteiger partial charge in [-0.25, -0.2) is 9.37 Å². The number of hydrogen-bond acceptors (Lipinski definition) is 3. The van der Waals surface area contributed by atoms with Crippen molar-refractivity contribution in [3.05, 3.63) is 41.6 Å². The van der Waals surface area contributed by atoms with E-state index in [0.29, 0.717) is 6.20 Å². The fourth-order valence-corrected chi connectivity index (χ4v) is 1.07. The molecule has 0 unspecified atom stereocenters. The monoisotopic (exact) mass is 262 g/mol. The molecular formula is C11H10F4N2O. The van der Waals surface area contributed by atoms with E-state index >= 15 is 0 Å². The molecule has 0 aromatic carbocycles. The van der Waals surface area contributed by atoms with Gasteiger partial charge in [-0.2, -0.15) is 13.2 Å². The molecule has 0 saturated heterocycles. The molecule has 0 spiro atoms. The lowest BCUT2D eigenvalue weighted by Crippen LogP contribution is -2.11. The molecule has 3 nitrogen and oxygen atoms in total. The van der Waals surface area contributed by atoms with E-state index in [4.69, 9.17) is 0 Å². The summed E-state index contributed by atoms with van der Waals surface area (Å²) in [7, 11) is 3.28. The standard InChI is InChI=1S/C11H10F4N2O/c1-17(2)4-3-9(18)10-8(12)5-7(6-16-10)11(13,14)15/h3-6H,1-2H3/b4-3+. The van der Waals surface area contributed by atoms with Gasteiger partial charge in [0.2, 0.25) is 5.78 Å². The van der Waals surface area contributed by atoms with Gasteiger partial charge in [0.15, 0.2) is 5.82 Å². The van der Waals surface area contributed by atoms with E-state index < -0.39 is 29.0 Å². The first-order valence-corrected chi connectivity index (χ1v) is 4.83. The fraction of sp³-hybridized carbons (Fsp3) is 0.273. The van der Waals surface area contributed by atoms with E-state index in [2.05, 4.69) is 4.98 Å². The number of aromatic nitrogens is 1. The average molecular weight is 262 g/mol. The molecule has 0 fully saturated rings. The summed E-state index contributed by atoms with van der Waals surface area (Å²) >= 11 is 0. The summed E-state index contributed by atoms with van der Waals surface area (Å²) < 4.78 is 50.1. The van der Waals surface area contributed by atoms with Crippen molar-refractivity contribution in [1.29, 1.82) is 0 Å². The summed E-state index contributed by atoms with van der Waals surface area (Å²) in [6.45, 7) is 0. The molecular weight excluding hydrogens is 252 g/mol. The van der Waals surface area contributed by atoms with E-state index in [-0.39, 0.29) is 6.07 Å². The second kappa shape index (κ2) is 5.16. The van der Waals surface area contributed by atoms with Crippen LogP contribution in [0.1, 0.15) is 16.1 Å². The minimum atomic E-state index is -4.69. The molecule has 0 bridgehead atoms. The lowest BCUT2D eigenvalue weighted by atomic mass is 10.2. The number of halogens is 4. The van der Waals surface area contributed by atoms with E-state index in [0.717, 1.165) is 6.08 Å². The summed E-state index contributed by atoms with van der Waals surface area (Å²) in [4.78, 5) is 16.2. The third kappa shape index (κ3) is 3.54. The van der Waals surface area contributed by atoms with Crippen LogP contribution in [0, 0.1) is 5.82 Å². The Balaban J connectivity index is 3.03. The van der Waals surface area contributed by atoms with Crippen LogP contribution in [0.25, 0.3) is 0 Å². The number of hydrogen-bond donors (Lipinski definition) is 0. The van der Waals surface area contributed by atoms with Crippen molar-refractivity contribution >= 4 is 5.78 Å². The molecule has 1 aromatic heterocycles. The summed E-state index contributed by atoms with van der Waals surface area (Å²) in [5.74, 6) is -2.09. The van der Waals surface area contributed by atoms with Crippen molar-refractivity contribution in [3.8, 4) is 0 Å². The number of allylic oxidation sites excluding steroid dienone is 1. The van der Waals surface area contributed by atoms with Crippen LogP contribution >= 0.6 is 0 Å². The van der Waals surface area contributed by atoms with Crippen molar-refractivity contribution in [2.24, 2.45) is 0 Å². The van der Waals surface area contributed by atoms with Gasteiger partial charge in [0, 0.05) is 32.6 Å². The van der Waals surface area contributed by atoms with Crippen LogP contribution in [0.2, 0.25) is 0 Å². The summed E-state index contributed by atoms with van der Waals surface area (Å²) in [6, 6.07) is 0.254. The molecule has 0 radical (unpaired) electrons. The number of ketones is 1. The normalized spacial score (nSPS) is 11.9. The van der Waals surface area contributed by atoms with E-state index in [1.807, 2.05) is 0 Å². The van der Waals surface area contributed by atoms with Crippen LogP contribution in [0.3, 0.4) is 0 Å². The topological polar surface area (TPSA) is 33.2 Å². The Labute approximate surface area is 101 Å². The summed E-state index contributed by atoms with van der Waals surface area (Å²) in [6.07, 6.45) is -1.88. The zero-order chi connectivity index (χ0) is 13.9. The minimum absolute atomic E-state index is 0.254. The third-order valence-corrected chi connectivity index (χ3v) is 1.93.